The highest BCUT2D eigenvalue weighted by molar-refractivity contribution is 6.07. The van der Waals surface area contributed by atoms with Gasteiger partial charge < -0.3 is 15.5 Å². The number of hydrogen-bond acceptors (Lipinski definition) is 6. The van der Waals surface area contributed by atoms with Crippen LogP contribution in [-0.4, -0.2) is 52.9 Å². The van der Waals surface area contributed by atoms with Gasteiger partial charge in [-0.15, -0.1) is 0 Å². The summed E-state index contributed by atoms with van der Waals surface area (Å²) in [6.45, 7) is 3.57. The van der Waals surface area contributed by atoms with Crippen LogP contribution in [0.25, 0.3) is 10.9 Å². The lowest BCUT2D eigenvalue weighted by atomic mass is 10.2. The molecule has 0 aliphatic carbocycles. The van der Waals surface area contributed by atoms with Gasteiger partial charge in [-0.2, -0.15) is 0 Å². The molecule has 0 fully saturated rings. The zero-order valence-electron chi connectivity index (χ0n) is 15.9. The van der Waals surface area contributed by atoms with Crippen LogP contribution < -0.4 is 10.6 Å². The summed E-state index contributed by atoms with van der Waals surface area (Å²) in [6.07, 6.45) is 2.68. The van der Waals surface area contributed by atoms with Crippen LogP contribution in [0.15, 0.2) is 42.6 Å². The van der Waals surface area contributed by atoms with Gasteiger partial charge in [0.1, 0.15) is 5.69 Å². The van der Waals surface area contributed by atoms with Crippen LogP contribution in [-0.2, 0) is 0 Å². The maximum absolute atomic E-state index is 12.7. The topological polar surface area (TPSA) is 83.0 Å². The summed E-state index contributed by atoms with van der Waals surface area (Å²) < 4.78 is 0. The normalized spacial score (nSPS) is 11.0. The van der Waals surface area contributed by atoms with Gasteiger partial charge in [-0.1, -0.05) is 18.2 Å². The van der Waals surface area contributed by atoms with E-state index in [4.69, 9.17) is 0 Å². The SMILES string of the molecule is Cc1cc(C(=O)Nc2cccc3cccnc23)nc(NCCCN(C)C)n1. The van der Waals surface area contributed by atoms with E-state index in [-0.39, 0.29) is 5.91 Å². The molecule has 2 N–H and O–H groups in total. The number of aromatic nitrogens is 3. The first-order valence-corrected chi connectivity index (χ1v) is 8.92. The Hall–Kier alpha value is -3.06. The van der Waals surface area contributed by atoms with E-state index in [0.29, 0.717) is 17.3 Å². The molecule has 3 rings (SSSR count). The van der Waals surface area contributed by atoms with Crippen LogP contribution in [0.1, 0.15) is 22.6 Å². The van der Waals surface area contributed by atoms with Gasteiger partial charge in [0.15, 0.2) is 0 Å². The zero-order valence-corrected chi connectivity index (χ0v) is 15.9. The van der Waals surface area contributed by atoms with Crippen molar-refractivity contribution in [3.05, 3.63) is 54.0 Å². The van der Waals surface area contributed by atoms with E-state index >= 15 is 0 Å². The molecule has 0 atom stereocenters. The van der Waals surface area contributed by atoms with Gasteiger partial charge >= 0.3 is 0 Å². The highest BCUT2D eigenvalue weighted by atomic mass is 16.1. The van der Waals surface area contributed by atoms with E-state index in [2.05, 4.69) is 30.5 Å². The Balaban J connectivity index is 1.74. The van der Waals surface area contributed by atoms with Crippen molar-refractivity contribution >= 4 is 28.4 Å². The summed E-state index contributed by atoms with van der Waals surface area (Å²) in [7, 11) is 4.07. The Bertz CT molecular complexity index is 935. The molecule has 2 heterocycles. The molecule has 1 aromatic carbocycles. The van der Waals surface area contributed by atoms with Crippen molar-refractivity contribution in [1.29, 1.82) is 0 Å². The minimum Gasteiger partial charge on any atom is -0.354 e. The number of nitrogens with zero attached hydrogens (tertiary/aromatic N) is 4. The van der Waals surface area contributed by atoms with Crippen LogP contribution in [0.2, 0.25) is 0 Å². The monoisotopic (exact) mass is 364 g/mol. The summed E-state index contributed by atoms with van der Waals surface area (Å²) in [5.74, 6) is 0.185. The molecule has 7 nitrogen and oxygen atoms in total. The van der Waals surface area contributed by atoms with Gasteiger partial charge in [-0.3, -0.25) is 9.78 Å². The van der Waals surface area contributed by atoms with Gasteiger partial charge in [0.25, 0.3) is 5.91 Å². The second-order valence-electron chi connectivity index (χ2n) is 6.64. The summed E-state index contributed by atoms with van der Waals surface area (Å²) >= 11 is 0. The molecule has 0 spiro atoms. The van der Waals surface area contributed by atoms with Crippen LogP contribution in [0, 0.1) is 6.92 Å². The lowest BCUT2D eigenvalue weighted by molar-refractivity contribution is 0.102. The van der Waals surface area contributed by atoms with Crippen LogP contribution in [0.4, 0.5) is 11.6 Å². The number of amides is 1. The number of anilines is 2. The summed E-state index contributed by atoms with van der Waals surface area (Å²) in [5, 5.41) is 7.07. The Labute approximate surface area is 158 Å². The third-order valence-corrected chi connectivity index (χ3v) is 4.03. The van der Waals surface area contributed by atoms with Crippen molar-refractivity contribution in [2.75, 3.05) is 37.8 Å². The predicted molar refractivity (Wildman–Crippen MR) is 108 cm³/mol. The number of para-hydroxylation sites is 1. The highest BCUT2D eigenvalue weighted by Gasteiger charge is 2.13. The molecule has 2 aromatic heterocycles. The van der Waals surface area contributed by atoms with Crippen molar-refractivity contribution in [2.45, 2.75) is 13.3 Å². The Morgan fingerprint density at radius 1 is 1.15 bits per heavy atom. The smallest absolute Gasteiger partial charge is 0.274 e. The third-order valence-electron chi connectivity index (χ3n) is 4.03. The lowest BCUT2D eigenvalue weighted by Gasteiger charge is -2.11. The predicted octanol–water partition coefficient (Wildman–Crippen LogP) is 2.95. The second kappa shape index (κ2) is 8.55. The molecule has 0 saturated heterocycles. The molecule has 27 heavy (non-hydrogen) atoms. The number of fused-ring (bicyclic) bond motifs is 1. The van der Waals surface area contributed by atoms with Crippen molar-refractivity contribution < 1.29 is 4.79 Å². The standard InChI is InChI=1S/C20H24N6O/c1-14-13-17(25-20(23-14)22-11-6-12-26(2)3)19(27)24-16-9-4-7-15-8-5-10-21-18(15)16/h4-5,7-10,13H,6,11-12H2,1-3H3,(H,24,27)(H,22,23,25). The fourth-order valence-electron chi connectivity index (χ4n) is 2.75. The molecular weight excluding hydrogens is 340 g/mol. The Morgan fingerprint density at radius 3 is 2.78 bits per heavy atom. The minimum atomic E-state index is -0.282. The number of carbonyl (C=O) groups excluding carboxylic acids is 1. The maximum atomic E-state index is 12.7. The van der Waals surface area contributed by atoms with Crippen molar-refractivity contribution in [1.82, 2.24) is 19.9 Å². The quantitative estimate of drug-likeness (QED) is 0.627. The molecule has 0 aliphatic rings. The average Bonchev–Trinajstić information content (AvgIpc) is 2.65. The molecule has 0 saturated carbocycles. The molecule has 0 bridgehead atoms. The Kier molecular flexibility index (Phi) is 5.93. The van der Waals surface area contributed by atoms with E-state index in [9.17, 15) is 4.79 Å². The van der Waals surface area contributed by atoms with Gasteiger partial charge in [0.05, 0.1) is 11.2 Å². The van der Waals surface area contributed by atoms with Crippen molar-refractivity contribution in [2.24, 2.45) is 0 Å². The van der Waals surface area contributed by atoms with Crippen molar-refractivity contribution in [3.8, 4) is 0 Å². The minimum absolute atomic E-state index is 0.282. The molecule has 1 amide bonds. The molecule has 3 aromatic rings. The first kappa shape index (κ1) is 18.7. The molecule has 0 aliphatic heterocycles. The number of hydrogen-bond donors (Lipinski definition) is 2. The number of rotatable bonds is 7. The first-order chi connectivity index (χ1) is 13.0. The molecule has 0 radical (unpaired) electrons. The molecule has 140 valence electrons. The largest absolute Gasteiger partial charge is 0.354 e. The molecular formula is C20H24N6O. The van der Waals surface area contributed by atoms with E-state index in [1.54, 1.807) is 12.3 Å². The summed E-state index contributed by atoms with van der Waals surface area (Å²) in [6, 6.07) is 11.2. The van der Waals surface area contributed by atoms with Crippen molar-refractivity contribution in [3.63, 3.8) is 0 Å². The third kappa shape index (κ3) is 4.98. The number of benzene rings is 1. The van der Waals surface area contributed by atoms with Crippen LogP contribution in [0.5, 0.6) is 0 Å². The number of carbonyl (C=O) groups is 1. The second-order valence-corrected chi connectivity index (χ2v) is 6.64. The number of aryl methyl sites for hydroxylation is 1. The summed E-state index contributed by atoms with van der Waals surface area (Å²) in [4.78, 5) is 27.9. The van der Waals surface area contributed by atoms with E-state index in [0.717, 1.165) is 36.1 Å². The number of nitrogens with one attached hydrogen (secondary N) is 2. The van der Waals surface area contributed by atoms with Crippen LogP contribution in [0.3, 0.4) is 0 Å². The fourth-order valence-corrected chi connectivity index (χ4v) is 2.75. The van der Waals surface area contributed by atoms with E-state index < -0.39 is 0 Å². The van der Waals surface area contributed by atoms with Gasteiger partial charge in [0, 0.05) is 23.8 Å². The average molecular weight is 364 g/mol. The lowest BCUT2D eigenvalue weighted by Crippen LogP contribution is -2.19. The van der Waals surface area contributed by atoms with E-state index in [1.807, 2.05) is 51.4 Å². The van der Waals surface area contributed by atoms with Crippen LogP contribution >= 0.6 is 0 Å². The fraction of sp³-hybridized carbons (Fsp3) is 0.300. The first-order valence-electron chi connectivity index (χ1n) is 8.92. The number of pyridine rings is 1. The van der Waals surface area contributed by atoms with E-state index in [1.165, 1.54) is 0 Å². The summed E-state index contributed by atoms with van der Waals surface area (Å²) in [5.41, 5.74) is 2.47. The molecule has 7 heteroatoms. The van der Waals surface area contributed by atoms with Gasteiger partial charge in [-0.05, 0) is 52.2 Å². The zero-order chi connectivity index (χ0) is 19.2. The van der Waals surface area contributed by atoms with Gasteiger partial charge in [-0.25, -0.2) is 9.97 Å². The maximum Gasteiger partial charge on any atom is 0.274 e. The van der Waals surface area contributed by atoms with Gasteiger partial charge in [0.2, 0.25) is 5.95 Å². The highest BCUT2D eigenvalue weighted by Crippen LogP contribution is 2.21. The Morgan fingerprint density at radius 2 is 1.96 bits per heavy atom. The molecule has 0 unspecified atom stereocenters.